The van der Waals surface area contributed by atoms with Gasteiger partial charge in [0.25, 0.3) is 0 Å². The van der Waals surface area contributed by atoms with Crippen molar-refractivity contribution in [2.75, 3.05) is 4.90 Å². The van der Waals surface area contributed by atoms with Crippen LogP contribution in [0.25, 0.3) is 44.2 Å². The third kappa shape index (κ3) is 4.50. The van der Waals surface area contributed by atoms with E-state index < -0.39 is 5.41 Å². The van der Waals surface area contributed by atoms with E-state index in [0.29, 0.717) is 0 Å². The highest BCUT2D eigenvalue weighted by molar-refractivity contribution is 7.99. The Bertz CT molecular complexity index is 3090. The van der Waals surface area contributed by atoms with Crippen LogP contribution in [0.1, 0.15) is 47.2 Å². The highest BCUT2D eigenvalue weighted by Gasteiger charge is 2.51. The molecule has 9 aromatic rings. The molecule has 0 amide bonds. The summed E-state index contributed by atoms with van der Waals surface area (Å²) in [7, 11) is 0. The Morgan fingerprint density at radius 3 is 1.74 bits per heavy atom. The summed E-state index contributed by atoms with van der Waals surface area (Å²) in [6.07, 6.45) is 0. The van der Waals surface area contributed by atoms with Crippen LogP contribution in [0.5, 0.6) is 0 Å². The number of hydrogen-bond donors (Lipinski definition) is 0. The largest absolute Gasteiger partial charge is 0.309 e. The van der Waals surface area contributed by atoms with Gasteiger partial charge in [-0.3, -0.25) is 0 Å². The molecule has 3 aliphatic rings. The quantitative estimate of drug-likeness (QED) is 0.176. The van der Waals surface area contributed by atoms with E-state index in [-0.39, 0.29) is 5.41 Å². The molecule has 0 unspecified atom stereocenters. The van der Waals surface area contributed by atoms with Crippen LogP contribution in [0.4, 0.5) is 17.1 Å². The molecule has 0 fully saturated rings. The van der Waals surface area contributed by atoms with Crippen LogP contribution in [0.2, 0.25) is 0 Å². The van der Waals surface area contributed by atoms with Crippen molar-refractivity contribution >= 4 is 39.6 Å². The summed E-state index contributed by atoms with van der Waals surface area (Å²) in [4.78, 5) is 5.13. The average Bonchev–Trinajstić information content (AvgIpc) is 3.69. The van der Waals surface area contributed by atoms with Crippen molar-refractivity contribution in [3.63, 3.8) is 0 Å². The van der Waals surface area contributed by atoms with Gasteiger partial charge in [-0.2, -0.15) is 0 Å². The van der Waals surface area contributed by atoms with E-state index in [1.54, 1.807) is 0 Å². The topological polar surface area (TPSA) is 3.24 Å². The Hall–Kier alpha value is -6.61. The second-order valence-corrected chi connectivity index (χ2v) is 17.4. The molecule has 0 radical (unpaired) electrons. The van der Waals surface area contributed by atoms with Gasteiger partial charge in [0, 0.05) is 26.5 Å². The molecule has 1 nitrogen and oxygen atoms in total. The third-order valence-corrected chi connectivity index (χ3v) is 14.3. The van der Waals surface area contributed by atoms with E-state index in [1.807, 2.05) is 11.8 Å². The maximum absolute atomic E-state index is 2.56. The van der Waals surface area contributed by atoms with Gasteiger partial charge in [-0.15, -0.1) is 0 Å². The second kappa shape index (κ2) is 12.4. The van der Waals surface area contributed by atoms with Crippen LogP contribution in [0.15, 0.2) is 210 Å². The van der Waals surface area contributed by atoms with Crippen molar-refractivity contribution in [2.45, 2.75) is 34.5 Å². The number of fused-ring (bicyclic) bond motifs is 14. The zero-order valence-electron chi connectivity index (χ0n) is 32.4. The van der Waals surface area contributed by atoms with Gasteiger partial charge in [-0.25, -0.2) is 0 Å². The van der Waals surface area contributed by atoms with Crippen molar-refractivity contribution in [1.82, 2.24) is 0 Å². The fourth-order valence-corrected chi connectivity index (χ4v) is 12.0. The number of nitrogens with zero attached hydrogens (tertiary/aromatic N) is 1. The standard InChI is InChI=1S/C56H39NS/c1-55(2)45-25-12-8-22-41(45)44-33-32-38(35-49(44)55)57(50-29-15-11-20-39(50)36-17-4-3-5-18-36)51-30-16-28-48-54(51)58-52-34-31-37-19-6-7-21-40(37)53(52)56(48)46-26-13-9-23-42(46)43-24-10-14-27-47(43)56/h3-35H,1-2H3. The number of rotatable bonds is 4. The van der Waals surface area contributed by atoms with Crippen molar-refractivity contribution in [3.05, 3.63) is 234 Å². The molecule has 0 atom stereocenters. The van der Waals surface area contributed by atoms with Crippen molar-refractivity contribution < 1.29 is 0 Å². The molecule has 1 spiro atoms. The molecule has 9 aromatic carbocycles. The fraction of sp³-hybridized carbons (Fsp3) is 0.0714. The highest BCUT2D eigenvalue weighted by Crippen LogP contribution is 2.65. The Labute approximate surface area is 344 Å². The summed E-state index contributed by atoms with van der Waals surface area (Å²) >= 11 is 1.93. The van der Waals surface area contributed by atoms with E-state index >= 15 is 0 Å². The summed E-state index contributed by atoms with van der Waals surface area (Å²) in [5.74, 6) is 0. The molecule has 2 heteroatoms. The first-order valence-electron chi connectivity index (χ1n) is 20.3. The number of para-hydroxylation sites is 1. The third-order valence-electron chi connectivity index (χ3n) is 13.1. The van der Waals surface area contributed by atoms with Gasteiger partial charge in [0.1, 0.15) is 0 Å². The van der Waals surface area contributed by atoms with Gasteiger partial charge < -0.3 is 4.90 Å². The molecule has 0 saturated heterocycles. The van der Waals surface area contributed by atoms with Crippen LogP contribution in [-0.4, -0.2) is 0 Å². The monoisotopic (exact) mass is 757 g/mol. The van der Waals surface area contributed by atoms with E-state index in [9.17, 15) is 0 Å². The predicted octanol–water partition coefficient (Wildman–Crippen LogP) is 15.1. The fourth-order valence-electron chi connectivity index (χ4n) is 10.6. The summed E-state index contributed by atoms with van der Waals surface area (Å²) in [6, 6.07) is 75.0. The van der Waals surface area contributed by atoms with Crippen LogP contribution < -0.4 is 4.90 Å². The summed E-state index contributed by atoms with van der Waals surface area (Å²) in [6.45, 7) is 4.76. The lowest BCUT2D eigenvalue weighted by molar-refractivity contribution is 0.660. The van der Waals surface area contributed by atoms with Crippen LogP contribution in [-0.2, 0) is 10.8 Å². The maximum atomic E-state index is 2.56. The predicted molar refractivity (Wildman–Crippen MR) is 243 cm³/mol. The molecule has 12 rings (SSSR count). The molecule has 1 aliphatic heterocycles. The van der Waals surface area contributed by atoms with Gasteiger partial charge >= 0.3 is 0 Å². The Morgan fingerprint density at radius 1 is 0.414 bits per heavy atom. The molecule has 0 saturated carbocycles. The van der Waals surface area contributed by atoms with Crippen LogP contribution in [0.3, 0.4) is 0 Å². The molecule has 2 aliphatic carbocycles. The van der Waals surface area contributed by atoms with Crippen molar-refractivity contribution in [2.24, 2.45) is 0 Å². The molecule has 58 heavy (non-hydrogen) atoms. The van der Waals surface area contributed by atoms with Gasteiger partial charge in [0.05, 0.1) is 16.8 Å². The minimum absolute atomic E-state index is 0.140. The highest BCUT2D eigenvalue weighted by atomic mass is 32.2. The lowest BCUT2D eigenvalue weighted by Gasteiger charge is -2.42. The van der Waals surface area contributed by atoms with E-state index in [0.717, 1.165) is 11.4 Å². The van der Waals surface area contributed by atoms with Crippen molar-refractivity contribution in [3.8, 4) is 33.4 Å². The molecular weight excluding hydrogens is 719 g/mol. The average molecular weight is 758 g/mol. The number of anilines is 3. The minimum Gasteiger partial charge on any atom is -0.309 e. The molecule has 274 valence electrons. The van der Waals surface area contributed by atoms with Crippen molar-refractivity contribution in [1.29, 1.82) is 0 Å². The first-order chi connectivity index (χ1) is 28.5. The van der Waals surface area contributed by atoms with Crippen LogP contribution in [0, 0.1) is 0 Å². The first kappa shape index (κ1) is 33.5. The maximum Gasteiger partial charge on any atom is 0.0742 e. The normalized spacial score (nSPS) is 14.6. The zero-order chi connectivity index (χ0) is 38.6. The van der Waals surface area contributed by atoms with E-state index in [4.69, 9.17) is 0 Å². The molecule has 0 aromatic heterocycles. The first-order valence-corrected chi connectivity index (χ1v) is 21.1. The lowest BCUT2D eigenvalue weighted by atomic mass is 9.66. The molecule has 1 heterocycles. The molecule has 0 N–H and O–H groups in total. The van der Waals surface area contributed by atoms with Gasteiger partial charge in [0.2, 0.25) is 0 Å². The molecular formula is C56H39NS. The summed E-state index contributed by atoms with van der Waals surface area (Å²) < 4.78 is 0. The zero-order valence-corrected chi connectivity index (χ0v) is 33.2. The van der Waals surface area contributed by atoms with E-state index in [2.05, 4.69) is 219 Å². The SMILES string of the molecule is CC1(C)c2ccccc2-c2ccc(N(c3ccccc3-c3ccccc3)c3cccc4c3Sc3ccc5ccccc5c3C43c4ccccc4-c4ccccc43)cc21. The Morgan fingerprint density at radius 2 is 0.983 bits per heavy atom. The summed E-state index contributed by atoms with van der Waals surface area (Å²) in [5, 5.41) is 2.57. The van der Waals surface area contributed by atoms with Gasteiger partial charge in [-0.05, 0) is 102 Å². The number of benzene rings is 9. The second-order valence-electron chi connectivity index (χ2n) is 16.4. The van der Waals surface area contributed by atoms with Crippen LogP contribution >= 0.6 is 11.8 Å². The minimum atomic E-state index is -0.522. The Kier molecular flexibility index (Phi) is 7.19. The van der Waals surface area contributed by atoms with E-state index in [1.165, 1.54) is 93.0 Å². The number of hydrogen-bond acceptors (Lipinski definition) is 2. The Balaban J connectivity index is 1.19. The lowest BCUT2D eigenvalue weighted by Crippen LogP contribution is -2.33. The molecule has 0 bridgehead atoms. The smallest absolute Gasteiger partial charge is 0.0742 e. The van der Waals surface area contributed by atoms with Gasteiger partial charge in [0.15, 0.2) is 0 Å². The van der Waals surface area contributed by atoms with Gasteiger partial charge in [-0.1, -0.05) is 195 Å². The summed E-state index contributed by atoms with van der Waals surface area (Å²) in [5.41, 5.74) is 18.6.